The maximum Gasteiger partial charge on any atom is 0.321 e. The molecule has 3 amide bonds. The van der Waals surface area contributed by atoms with Crippen LogP contribution in [0.3, 0.4) is 0 Å². The molecule has 0 saturated carbocycles. The van der Waals surface area contributed by atoms with E-state index in [-0.39, 0.29) is 5.56 Å². The van der Waals surface area contributed by atoms with E-state index in [0.717, 1.165) is 23.1 Å². The molecule has 0 radical (unpaired) electrons. The smallest absolute Gasteiger partial charge is 0.321 e. The number of hydrogen-bond acceptors (Lipinski definition) is 5. The maximum absolute atomic E-state index is 12.9. The third-order valence-electron chi connectivity index (χ3n) is 5.30. The van der Waals surface area contributed by atoms with Gasteiger partial charge in [-0.2, -0.15) is 0 Å². The number of fused-ring (bicyclic) bond motifs is 2. The summed E-state index contributed by atoms with van der Waals surface area (Å²) in [5.41, 5.74) is 0.595. The fourth-order valence-electron chi connectivity index (χ4n) is 4.00. The van der Waals surface area contributed by atoms with Gasteiger partial charge in [0.2, 0.25) is 5.91 Å². The van der Waals surface area contributed by atoms with Crippen molar-refractivity contribution in [2.75, 3.05) is 14.2 Å². The van der Waals surface area contributed by atoms with Crippen molar-refractivity contribution >= 4 is 23.7 Å². The summed E-state index contributed by atoms with van der Waals surface area (Å²) < 4.78 is 4.74. The van der Waals surface area contributed by atoms with Gasteiger partial charge in [0.15, 0.2) is 11.5 Å². The molecule has 0 aliphatic carbocycles. The van der Waals surface area contributed by atoms with E-state index in [1.165, 1.54) is 7.05 Å². The van der Waals surface area contributed by atoms with Gasteiger partial charge >= 0.3 is 5.97 Å². The van der Waals surface area contributed by atoms with E-state index in [0.29, 0.717) is 5.56 Å². The van der Waals surface area contributed by atoms with Gasteiger partial charge in [-0.05, 0) is 17.2 Å². The lowest BCUT2D eigenvalue weighted by molar-refractivity contribution is -0.154. The first kappa shape index (κ1) is 17.0. The van der Waals surface area contributed by atoms with Gasteiger partial charge < -0.3 is 9.64 Å². The van der Waals surface area contributed by atoms with Crippen LogP contribution in [0.25, 0.3) is 11.1 Å². The molecule has 0 aromatic heterocycles. The highest BCUT2D eigenvalue weighted by Gasteiger charge is 2.67. The maximum atomic E-state index is 12.9. The number of carbonyl (C=O) groups is 4. The van der Waals surface area contributed by atoms with E-state index < -0.39 is 35.1 Å². The lowest BCUT2D eigenvalue weighted by Gasteiger charge is -2.33. The highest BCUT2D eigenvalue weighted by Crippen LogP contribution is 2.48. The fraction of sp³-hybridized carbons (Fsp3) is 0.200. The molecule has 0 bridgehead atoms. The van der Waals surface area contributed by atoms with Crippen molar-refractivity contribution in [1.82, 2.24) is 10.2 Å². The Morgan fingerprint density at radius 3 is 2.44 bits per heavy atom. The molecule has 2 unspecified atom stereocenters. The molecule has 1 N–H and O–H groups in total. The minimum Gasteiger partial charge on any atom is -0.468 e. The van der Waals surface area contributed by atoms with Crippen molar-refractivity contribution in [2.24, 2.45) is 5.92 Å². The molecule has 1 saturated heterocycles. The molecule has 2 aromatic rings. The summed E-state index contributed by atoms with van der Waals surface area (Å²) in [6, 6.07) is 14.6. The number of rotatable bonds is 2. The zero-order valence-corrected chi connectivity index (χ0v) is 14.7. The number of likely N-dealkylation sites (N-methyl/N-ethyl adjacent to an activating group) is 1. The molecule has 7 nitrogen and oxygen atoms in total. The molecule has 27 heavy (non-hydrogen) atoms. The number of ether oxygens (including phenoxy) is 1. The Hall–Kier alpha value is -3.48. The zero-order valence-electron chi connectivity index (χ0n) is 14.7. The van der Waals surface area contributed by atoms with Crippen molar-refractivity contribution in [3.05, 3.63) is 59.7 Å². The van der Waals surface area contributed by atoms with Crippen LogP contribution in [0.4, 0.5) is 0 Å². The zero-order chi connectivity index (χ0) is 19.3. The monoisotopic (exact) mass is 364 g/mol. The Balaban J connectivity index is 1.94. The van der Waals surface area contributed by atoms with E-state index in [1.54, 1.807) is 18.2 Å². The average molecular weight is 364 g/mol. The van der Waals surface area contributed by atoms with Gasteiger partial charge in [0.1, 0.15) is 0 Å². The summed E-state index contributed by atoms with van der Waals surface area (Å²) in [5.74, 6) is -4.22. The number of nitrogens with zero attached hydrogens (tertiary/aromatic N) is 1. The number of imide groups is 1. The molecular formula is C20H16N2O5. The van der Waals surface area contributed by atoms with Crippen LogP contribution in [-0.2, 0) is 24.7 Å². The highest BCUT2D eigenvalue weighted by molar-refractivity contribution is 6.22. The van der Waals surface area contributed by atoms with Crippen LogP contribution < -0.4 is 5.32 Å². The van der Waals surface area contributed by atoms with E-state index in [2.05, 4.69) is 5.32 Å². The summed E-state index contributed by atoms with van der Waals surface area (Å²) in [6.45, 7) is 0. The first-order valence-electron chi connectivity index (χ1n) is 8.34. The van der Waals surface area contributed by atoms with E-state index in [4.69, 9.17) is 4.74 Å². The van der Waals surface area contributed by atoms with Gasteiger partial charge in [-0.3, -0.25) is 24.5 Å². The van der Waals surface area contributed by atoms with Crippen LogP contribution >= 0.6 is 0 Å². The molecule has 7 heteroatoms. The van der Waals surface area contributed by atoms with Gasteiger partial charge in [0.25, 0.3) is 11.8 Å². The summed E-state index contributed by atoms with van der Waals surface area (Å²) in [4.78, 5) is 51.5. The Bertz CT molecular complexity index is 1000. The largest absolute Gasteiger partial charge is 0.468 e. The van der Waals surface area contributed by atoms with Crippen LogP contribution in [0, 0.1) is 5.92 Å². The molecule has 2 heterocycles. The normalized spacial score (nSPS) is 23.6. The van der Waals surface area contributed by atoms with Gasteiger partial charge in [0.05, 0.1) is 7.11 Å². The fourth-order valence-corrected chi connectivity index (χ4v) is 4.00. The van der Waals surface area contributed by atoms with Crippen molar-refractivity contribution in [3.63, 3.8) is 0 Å². The molecule has 2 aromatic carbocycles. The molecule has 1 spiro atoms. The van der Waals surface area contributed by atoms with Crippen molar-refractivity contribution in [1.29, 1.82) is 0 Å². The molecule has 136 valence electrons. The summed E-state index contributed by atoms with van der Waals surface area (Å²) in [6.07, 6.45) is 0. The average Bonchev–Trinajstić information content (AvgIpc) is 3.08. The van der Waals surface area contributed by atoms with Crippen molar-refractivity contribution < 1.29 is 23.9 Å². The Labute approximate surface area is 154 Å². The number of amides is 3. The summed E-state index contributed by atoms with van der Waals surface area (Å²) in [7, 11) is 2.56. The Morgan fingerprint density at radius 2 is 1.78 bits per heavy atom. The third kappa shape index (κ3) is 2.08. The second-order valence-corrected chi connectivity index (χ2v) is 6.53. The first-order valence-corrected chi connectivity index (χ1v) is 8.34. The van der Waals surface area contributed by atoms with E-state index in [1.807, 2.05) is 30.3 Å². The standard InChI is InChI=1S/C20H16N2O5/c1-22-17(24)13-10-12(11-6-4-3-5-7-11)8-9-14(13)20(22)15(18(25)27-2)16(23)21-19(20)26/h3-10,15H,1-2H3,(H,21,23,26). The van der Waals surface area contributed by atoms with E-state index >= 15 is 0 Å². The lowest BCUT2D eigenvalue weighted by atomic mass is 9.79. The number of hydrogen-bond donors (Lipinski definition) is 1. The Kier molecular flexibility index (Phi) is 3.62. The van der Waals surface area contributed by atoms with Crippen LogP contribution in [0.2, 0.25) is 0 Å². The van der Waals surface area contributed by atoms with Gasteiger partial charge in [-0.15, -0.1) is 0 Å². The Morgan fingerprint density at radius 1 is 1.07 bits per heavy atom. The molecule has 2 aliphatic rings. The minimum absolute atomic E-state index is 0.289. The number of nitrogens with one attached hydrogen (secondary N) is 1. The van der Waals surface area contributed by atoms with Gasteiger partial charge in [0, 0.05) is 18.2 Å². The minimum atomic E-state index is -1.73. The van der Waals surface area contributed by atoms with Crippen LogP contribution in [0.1, 0.15) is 15.9 Å². The molecular weight excluding hydrogens is 348 g/mol. The predicted octanol–water partition coefficient (Wildman–Crippen LogP) is 1.08. The third-order valence-corrected chi connectivity index (χ3v) is 5.30. The topological polar surface area (TPSA) is 92.8 Å². The van der Waals surface area contributed by atoms with Crippen molar-refractivity contribution in [3.8, 4) is 11.1 Å². The summed E-state index contributed by atoms with van der Waals surface area (Å²) in [5, 5.41) is 2.18. The SMILES string of the molecule is COC(=O)C1C(=O)NC(=O)C12c1ccc(-c3ccccc3)cc1C(=O)N2C. The second-order valence-electron chi connectivity index (χ2n) is 6.53. The van der Waals surface area contributed by atoms with Crippen molar-refractivity contribution in [2.45, 2.75) is 5.54 Å². The number of methoxy groups -OCH3 is 1. The molecule has 4 rings (SSSR count). The first-order chi connectivity index (χ1) is 12.9. The molecule has 2 atom stereocenters. The molecule has 2 aliphatic heterocycles. The van der Waals surface area contributed by atoms with Crippen LogP contribution in [0.5, 0.6) is 0 Å². The van der Waals surface area contributed by atoms with Gasteiger partial charge in [-0.25, -0.2) is 0 Å². The quantitative estimate of drug-likeness (QED) is 0.489. The van der Waals surface area contributed by atoms with Gasteiger partial charge in [-0.1, -0.05) is 42.5 Å². The number of esters is 1. The highest BCUT2D eigenvalue weighted by atomic mass is 16.5. The number of carbonyl (C=O) groups excluding carboxylic acids is 4. The lowest BCUT2D eigenvalue weighted by Crippen LogP contribution is -2.53. The van der Waals surface area contributed by atoms with Crippen LogP contribution in [0.15, 0.2) is 48.5 Å². The van der Waals surface area contributed by atoms with Crippen LogP contribution in [-0.4, -0.2) is 42.7 Å². The predicted molar refractivity (Wildman–Crippen MR) is 94.3 cm³/mol. The summed E-state index contributed by atoms with van der Waals surface area (Å²) >= 11 is 0. The second kappa shape index (κ2) is 5.77. The number of benzene rings is 2. The molecule has 1 fully saturated rings. The van der Waals surface area contributed by atoms with E-state index in [9.17, 15) is 19.2 Å².